The smallest absolute Gasteiger partial charge is 0.123 e. The van der Waals surface area contributed by atoms with Crippen LogP contribution in [0.3, 0.4) is 0 Å². The standard InChI is InChI=1S/C16H24FN/c1-3-18-15-7-5-4-6-13(10-15)16-11-14(17)9-8-12(16)2/h8-9,11,13,15,18H,3-7,10H2,1-2H3. The van der Waals surface area contributed by atoms with Crippen LogP contribution >= 0.6 is 0 Å². The number of hydrogen-bond acceptors (Lipinski definition) is 1. The van der Waals surface area contributed by atoms with Crippen LogP contribution in [0.25, 0.3) is 0 Å². The first-order chi connectivity index (χ1) is 8.70. The summed E-state index contributed by atoms with van der Waals surface area (Å²) < 4.78 is 13.4. The fraction of sp³-hybridized carbons (Fsp3) is 0.625. The van der Waals surface area contributed by atoms with E-state index in [9.17, 15) is 4.39 Å². The van der Waals surface area contributed by atoms with Crippen molar-refractivity contribution in [3.63, 3.8) is 0 Å². The molecule has 2 atom stereocenters. The molecule has 0 aliphatic heterocycles. The van der Waals surface area contributed by atoms with Crippen LogP contribution in [-0.2, 0) is 0 Å². The maximum absolute atomic E-state index is 13.4. The lowest BCUT2D eigenvalue weighted by atomic mass is 9.87. The van der Waals surface area contributed by atoms with Crippen molar-refractivity contribution in [3.8, 4) is 0 Å². The first-order valence-corrected chi connectivity index (χ1v) is 7.20. The molecule has 0 bridgehead atoms. The average Bonchev–Trinajstić information content (AvgIpc) is 2.58. The van der Waals surface area contributed by atoms with E-state index in [-0.39, 0.29) is 5.82 Å². The molecule has 1 aromatic carbocycles. The molecule has 0 spiro atoms. The number of rotatable bonds is 3. The Morgan fingerprint density at radius 2 is 2.06 bits per heavy atom. The molecule has 2 rings (SSSR count). The zero-order valence-corrected chi connectivity index (χ0v) is 11.5. The normalized spacial score (nSPS) is 24.8. The van der Waals surface area contributed by atoms with Crippen molar-refractivity contribution >= 4 is 0 Å². The van der Waals surface area contributed by atoms with Crippen molar-refractivity contribution in [1.29, 1.82) is 0 Å². The molecule has 0 aromatic heterocycles. The van der Waals surface area contributed by atoms with Crippen molar-refractivity contribution in [2.75, 3.05) is 6.54 Å². The predicted octanol–water partition coefficient (Wildman–Crippen LogP) is 4.16. The number of benzene rings is 1. The van der Waals surface area contributed by atoms with E-state index in [1.165, 1.54) is 36.8 Å². The summed E-state index contributed by atoms with van der Waals surface area (Å²) in [5.74, 6) is 0.423. The Kier molecular flexibility index (Phi) is 4.76. The van der Waals surface area contributed by atoms with E-state index in [1.54, 1.807) is 12.1 Å². The van der Waals surface area contributed by atoms with Gasteiger partial charge in [-0.3, -0.25) is 0 Å². The van der Waals surface area contributed by atoms with Gasteiger partial charge in [-0.15, -0.1) is 0 Å². The van der Waals surface area contributed by atoms with Gasteiger partial charge in [0.25, 0.3) is 0 Å². The van der Waals surface area contributed by atoms with E-state index in [4.69, 9.17) is 0 Å². The molecule has 18 heavy (non-hydrogen) atoms. The number of nitrogens with one attached hydrogen (secondary N) is 1. The van der Waals surface area contributed by atoms with Crippen molar-refractivity contribution < 1.29 is 4.39 Å². The summed E-state index contributed by atoms with van der Waals surface area (Å²) in [5.41, 5.74) is 2.46. The highest BCUT2D eigenvalue weighted by atomic mass is 19.1. The monoisotopic (exact) mass is 249 g/mol. The van der Waals surface area contributed by atoms with Crippen molar-refractivity contribution in [1.82, 2.24) is 5.32 Å². The van der Waals surface area contributed by atoms with Crippen LogP contribution in [0.2, 0.25) is 0 Å². The lowest BCUT2D eigenvalue weighted by Gasteiger charge is -2.22. The Morgan fingerprint density at radius 3 is 2.83 bits per heavy atom. The summed E-state index contributed by atoms with van der Waals surface area (Å²) in [7, 11) is 0. The third-order valence-corrected chi connectivity index (χ3v) is 4.10. The predicted molar refractivity (Wildman–Crippen MR) is 74.4 cm³/mol. The van der Waals surface area contributed by atoms with E-state index >= 15 is 0 Å². The summed E-state index contributed by atoms with van der Waals surface area (Å²) in [4.78, 5) is 0. The molecule has 2 unspecified atom stereocenters. The van der Waals surface area contributed by atoms with Gasteiger partial charge >= 0.3 is 0 Å². The van der Waals surface area contributed by atoms with Crippen LogP contribution in [0.5, 0.6) is 0 Å². The topological polar surface area (TPSA) is 12.0 Å². The molecule has 0 radical (unpaired) electrons. The zero-order chi connectivity index (χ0) is 13.0. The average molecular weight is 249 g/mol. The highest BCUT2D eigenvalue weighted by Crippen LogP contribution is 2.33. The Labute approximate surface area is 110 Å². The van der Waals surface area contributed by atoms with Gasteiger partial charge in [0.2, 0.25) is 0 Å². The van der Waals surface area contributed by atoms with Gasteiger partial charge in [0.15, 0.2) is 0 Å². The van der Waals surface area contributed by atoms with E-state index in [0.29, 0.717) is 12.0 Å². The van der Waals surface area contributed by atoms with Crippen LogP contribution in [0.1, 0.15) is 56.1 Å². The SMILES string of the molecule is CCNC1CCCCC(c2cc(F)ccc2C)C1. The molecule has 1 saturated carbocycles. The minimum absolute atomic E-state index is 0.0974. The second-order valence-electron chi connectivity index (χ2n) is 5.47. The molecule has 1 aromatic rings. The fourth-order valence-electron chi connectivity index (χ4n) is 3.17. The molecule has 0 amide bonds. The molecule has 1 nitrogen and oxygen atoms in total. The van der Waals surface area contributed by atoms with Gasteiger partial charge in [0.05, 0.1) is 0 Å². The van der Waals surface area contributed by atoms with Crippen molar-refractivity contribution in [2.45, 2.75) is 57.9 Å². The minimum atomic E-state index is -0.0974. The van der Waals surface area contributed by atoms with Crippen molar-refractivity contribution in [2.24, 2.45) is 0 Å². The largest absolute Gasteiger partial charge is 0.314 e. The van der Waals surface area contributed by atoms with E-state index in [2.05, 4.69) is 19.2 Å². The molecule has 0 saturated heterocycles. The van der Waals surface area contributed by atoms with Crippen LogP contribution < -0.4 is 5.32 Å². The highest BCUT2D eigenvalue weighted by molar-refractivity contribution is 5.30. The van der Waals surface area contributed by atoms with E-state index in [1.807, 2.05) is 6.07 Å². The summed E-state index contributed by atoms with van der Waals surface area (Å²) in [6.45, 7) is 5.29. The van der Waals surface area contributed by atoms with Crippen LogP contribution in [0.15, 0.2) is 18.2 Å². The first-order valence-electron chi connectivity index (χ1n) is 7.20. The summed E-state index contributed by atoms with van der Waals surface area (Å²) in [6, 6.07) is 5.83. The van der Waals surface area contributed by atoms with Crippen LogP contribution in [-0.4, -0.2) is 12.6 Å². The maximum Gasteiger partial charge on any atom is 0.123 e. The lowest BCUT2D eigenvalue weighted by Crippen LogP contribution is -2.29. The second kappa shape index (κ2) is 6.33. The number of halogens is 1. The molecule has 0 heterocycles. The highest BCUT2D eigenvalue weighted by Gasteiger charge is 2.22. The molecular weight excluding hydrogens is 225 g/mol. The third kappa shape index (κ3) is 3.32. The molecule has 1 aliphatic rings. The van der Waals surface area contributed by atoms with Gasteiger partial charge in [0.1, 0.15) is 5.82 Å². The first kappa shape index (κ1) is 13.5. The van der Waals surface area contributed by atoms with Crippen LogP contribution in [0.4, 0.5) is 4.39 Å². The maximum atomic E-state index is 13.4. The number of hydrogen-bond donors (Lipinski definition) is 1. The fourth-order valence-corrected chi connectivity index (χ4v) is 3.17. The van der Waals surface area contributed by atoms with Gasteiger partial charge in [-0.1, -0.05) is 25.8 Å². The molecule has 1 aliphatic carbocycles. The lowest BCUT2D eigenvalue weighted by molar-refractivity contribution is 0.448. The summed E-state index contributed by atoms with van der Waals surface area (Å²) in [5, 5.41) is 3.56. The molecule has 1 N–H and O–H groups in total. The Balaban J connectivity index is 2.16. The van der Waals surface area contributed by atoms with Crippen molar-refractivity contribution in [3.05, 3.63) is 35.1 Å². The Hall–Kier alpha value is -0.890. The van der Waals surface area contributed by atoms with Gasteiger partial charge < -0.3 is 5.32 Å². The molecule has 2 heteroatoms. The Bertz CT molecular complexity index is 389. The number of aryl methyl sites for hydroxylation is 1. The van der Waals surface area contributed by atoms with E-state index in [0.717, 1.165) is 13.0 Å². The summed E-state index contributed by atoms with van der Waals surface area (Å²) in [6.07, 6.45) is 6.17. The van der Waals surface area contributed by atoms with Gasteiger partial charge in [-0.05, 0) is 61.9 Å². The molecule has 100 valence electrons. The Morgan fingerprint density at radius 1 is 1.28 bits per heavy atom. The van der Waals surface area contributed by atoms with Gasteiger partial charge in [0, 0.05) is 6.04 Å². The van der Waals surface area contributed by atoms with Crippen LogP contribution in [0, 0.1) is 12.7 Å². The minimum Gasteiger partial charge on any atom is -0.314 e. The summed E-state index contributed by atoms with van der Waals surface area (Å²) >= 11 is 0. The van der Waals surface area contributed by atoms with Gasteiger partial charge in [-0.25, -0.2) is 4.39 Å². The quantitative estimate of drug-likeness (QED) is 0.793. The zero-order valence-electron chi connectivity index (χ0n) is 11.5. The second-order valence-corrected chi connectivity index (χ2v) is 5.47. The van der Waals surface area contributed by atoms with E-state index < -0.39 is 0 Å². The third-order valence-electron chi connectivity index (χ3n) is 4.10. The molecular formula is C16H24FN. The van der Waals surface area contributed by atoms with Gasteiger partial charge in [-0.2, -0.15) is 0 Å². The molecule has 1 fully saturated rings.